The second kappa shape index (κ2) is 8.19. The molecule has 5 rings (SSSR count). The third kappa shape index (κ3) is 3.55. The van der Waals surface area contributed by atoms with Gasteiger partial charge in [0.2, 0.25) is 0 Å². The number of allylic oxidation sites excluding steroid dienone is 1. The van der Waals surface area contributed by atoms with Crippen LogP contribution in [0.5, 0.6) is 0 Å². The quantitative estimate of drug-likeness (QED) is 0.615. The number of aromatic nitrogens is 1. The summed E-state index contributed by atoms with van der Waals surface area (Å²) in [6.45, 7) is 1.29. The first-order valence-electron chi connectivity index (χ1n) is 11.1. The summed E-state index contributed by atoms with van der Waals surface area (Å²) in [5, 5.41) is 3.96. The van der Waals surface area contributed by atoms with E-state index in [9.17, 15) is 9.59 Å². The Morgan fingerprint density at radius 3 is 2.69 bits per heavy atom. The second-order valence-electron chi connectivity index (χ2n) is 8.65. The zero-order valence-electron chi connectivity index (χ0n) is 18.1. The number of esters is 1. The number of para-hydroxylation sites is 1. The summed E-state index contributed by atoms with van der Waals surface area (Å²) < 4.78 is 4.99. The van der Waals surface area contributed by atoms with Gasteiger partial charge in [-0.15, -0.1) is 0 Å². The van der Waals surface area contributed by atoms with Gasteiger partial charge in [-0.25, -0.2) is 9.59 Å². The molecule has 1 fully saturated rings. The van der Waals surface area contributed by atoms with Gasteiger partial charge in [-0.05, 0) is 35.6 Å². The standard InChI is InChI=1S/C26H27N3O3/c1-32-24(30)23(16-19-17-27-22-9-5-3-7-20(19)22)28-25(31)29-14-12-26(13-15-29)11-10-18-6-2-4-8-21(18)26/h2-11,17,23,27H,12-16H2,1H3,(H,28,31)/t23-/m1/s1. The lowest BCUT2D eigenvalue weighted by molar-refractivity contribution is -0.142. The Bertz CT molecular complexity index is 1190. The highest BCUT2D eigenvalue weighted by molar-refractivity contribution is 5.87. The van der Waals surface area contributed by atoms with E-state index in [1.807, 2.05) is 35.4 Å². The van der Waals surface area contributed by atoms with Crippen molar-refractivity contribution in [2.75, 3.05) is 20.2 Å². The smallest absolute Gasteiger partial charge is 0.328 e. The number of ether oxygens (including phenoxy) is 1. The summed E-state index contributed by atoms with van der Waals surface area (Å²) in [7, 11) is 1.35. The van der Waals surface area contributed by atoms with E-state index in [1.54, 1.807) is 0 Å². The Hall–Kier alpha value is -3.54. The van der Waals surface area contributed by atoms with Crippen molar-refractivity contribution in [3.05, 3.63) is 77.5 Å². The first-order valence-corrected chi connectivity index (χ1v) is 11.1. The number of amides is 2. The molecular formula is C26H27N3O3. The molecule has 1 atom stereocenters. The minimum Gasteiger partial charge on any atom is -0.467 e. The molecule has 2 N–H and O–H groups in total. The van der Waals surface area contributed by atoms with E-state index < -0.39 is 12.0 Å². The van der Waals surface area contributed by atoms with Gasteiger partial charge in [-0.3, -0.25) is 0 Å². The number of benzene rings is 2. The van der Waals surface area contributed by atoms with Crippen LogP contribution in [0.3, 0.4) is 0 Å². The lowest BCUT2D eigenvalue weighted by Gasteiger charge is -2.39. The van der Waals surface area contributed by atoms with Crippen molar-refractivity contribution in [1.29, 1.82) is 0 Å². The lowest BCUT2D eigenvalue weighted by Crippen LogP contribution is -2.52. The Labute approximate surface area is 187 Å². The number of urea groups is 1. The van der Waals surface area contributed by atoms with Crippen LogP contribution in [0.4, 0.5) is 4.79 Å². The monoisotopic (exact) mass is 429 g/mol. The van der Waals surface area contributed by atoms with Crippen LogP contribution in [0.15, 0.2) is 60.8 Å². The first kappa shape index (κ1) is 20.4. The number of hydrogen-bond acceptors (Lipinski definition) is 3. The van der Waals surface area contributed by atoms with Gasteiger partial charge in [-0.1, -0.05) is 54.6 Å². The summed E-state index contributed by atoms with van der Waals surface area (Å²) in [5.74, 6) is -0.440. The molecule has 1 spiro atoms. The molecule has 6 heteroatoms. The van der Waals surface area contributed by atoms with E-state index in [0.717, 1.165) is 29.3 Å². The average molecular weight is 430 g/mol. The third-order valence-corrected chi connectivity index (χ3v) is 6.90. The molecule has 2 aliphatic rings. The molecule has 0 unspecified atom stereocenters. The van der Waals surface area contributed by atoms with Crippen molar-refractivity contribution in [3.63, 3.8) is 0 Å². The number of carbonyl (C=O) groups is 2. The van der Waals surface area contributed by atoms with E-state index in [4.69, 9.17) is 4.74 Å². The van der Waals surface area contributed by atoms with Crippen LogP contribution in [-0.4, -0.2) is 48.1 Å². The number of nitrogens with one attached hydrogen (secondary N) is 2. The predicted molar refractivity (Wildman–Crippen MR) is 124 cm³/mol. The van der Waals surface area contributed by atoms with Crippen LogP contribution >= 0.6 is 0 Å². The average Bonchev–Trinajstić information content (AvgIpc) is 3.41. The number of fused-ring (bicyclic) bond motifs is 3. The number of rotatable bonds is 4. The molecule has 3 aromatic rings. The van der Waals surface area contributed by atoms with E-state index in [0.29, 0.717) is 19.5 Å². The maximum absolute atomic E-state index is 13.1. The molecule has 164 valence electrons. The van der Waals surface area contributed by atoms with Crippen LogP contribution in [0.25, 0.3) is 17.0 Å². The molecule has 1 aliphatic heterocycles. The Morgan fingerprint density at radius 1 is 1.12 bits per heavy atom. The summed E-state index contributed by atoms with van der Waals surface area (Å²) in [6.07, 6.45) is 8.50. The Balaban J connectivity index is 1.27. The van der Waals surface area contributed by atoms with Crippen molar-refractivity contribution in [2.24, 2.45) is 0 Å². The molecule has 1 saturated heterocycles. The van der Waals surface area contributed by atoms with Gasteiger partial charge in [0, 0.05) is 42.0 Å². The zero-order chi connectivity index (χ0) is 22.1. The van der Waals surface area contributed by atoms with Gasteiger partial charge in [-0.2, -0.15) is 0 Å². The van der Waals surface area contributed by atoms with Gasteiger partial charge in [0.15, 0.2) is 0 Å². The summed E-state index contributed by atoms with van der Waals surface area (Å²) in [6, 6.07) is 15.4. The number of aromatic amines is 1. The minimum absolute atomic E-state index is 0.0131. The van der Waals surface area contributed by atoms with Crippen LogP contribution in [0.2, 0.25) is 0 Å². The fourth-order valence-corrected chi connectivity index (χ4v) is 5.08. The Kier molecular flexibility index (Phi) is 5.21. The molecule has 6 nitrogen and oxygen atoms in total. The summed E-state index contributed by atoms with van der Waals surface area (Å²) in [4.78, 5) is 30.5. The topological polar surface area (TPSA) is 74.4 Å². The molecule has 32 heavy (non-hydrogen) atoms. The van der Waals surface area contributed by atoms with Gasteiger partial charge in [0.1, 0.15) is 6.04 Å². The lowest BCUT2D eigenvalue weighted by atomic mass is 9.74. The highest BCUT2D eigenvalue weighted by Crippen LogP contribution is 2.43. The maximum Gasteiger partial charge on any atom is 0.328 e. The number of likely N-dealkylation sites (tertiary alicyclic amines) is 1. The number of nitrogens with zero attached hydrogens (tertiary/aromatic N) is 1. The molecule has 0 saturated carbocycles. The van der Waals surface area contributed by atoms with Gasteiger partial charge >= 0.3 is 12.0 Å². The number of hydrogen-bond donors (Lipinski definition) is 2. The predicted octanol–water partition coefficient (Wildman–Crippen LogP) is 4.02. The Morgan fingerprint density at radius 2 is 1.88 bits per heavy atom. The van der Waals surface area contributed by atoms with E-state index in [2.05, 4.69) is 46.7 Å². The minimum atomic E-state index is -0.741. The fourth-order valence-electron chi connectivity index (χ4n) is 5.08. The van der Waals surface area contributed by atoms with Gasteiger partial charge in [0.05, 0.1) is 7.11 Å². The van der Waals surface area contributed by atoms with Crippen LogP contribution < -0.4 is 5.32 Å². The molecule has 0 radical (unpaired) electrons. The zero-order valence-corrected chi connectivity index (χ0v) is 18.1. The number of methoxy groups -OCH3 is 1. The van der Waals surface area contributed by atoms with Crippen molar-refractivity contribution < 1.29 is 14.3 Å². The van der Waals surface area contributed by atoms with Crippen molar-refractivity contribution in [3.8, 4) is 0 Å². The first-order chi connectivity index (χ1) is 15.6. The fraction of sp³-hybridized carbons (Fsp3) is 0.308. The highest BCUT2D eigenvalue weighted by Gasteiger charge is 2.39. The molecule has 0 bridgehead atoms. The summed E-state index contributed by atoms with van der Waals surface area (Å²) >= 11 is 0. The molecular weight excluding hydrogens is 402 g/mol. The number of carbonyl (C=O) groups excluding carboxylic acids is 2. The molecule has 2 aromatic carbocycles. The molecule has 1 aliphatic carbocycles. The molecule has 2 heterocycles. The molecule has 2 amide bonds. The van der Waals surface area contributed by atoms with Crippen LogP contribution in [0, 0.1) is 0 Å². The number of piperidine rings is 1. The van der Waals surface area contributed by atoms with Gasteiger partial charge in [0.25, 0.3) is 0 Å². The number of H-pyrrole nitrogens is 1. The molecule has 1 aromatic heterocycles. The highest BCUT2D eigenvalue weighted by atomic mass is 16.5. The van der Waals surface area contributed by atoms with Gasteiger partial charge < -0.3 is 19.9 Å². The van der Waals surface area contributed by atoms with Crippen molar-refractivity contribution in [1.82, 2.24) is 15.2 Å². The maximum atomic E-state index is 13.1. The summed E-state index contributed by atoms with van der Waals surface area (Å²) in [5.41, 5.74) is 4.62. The normalized spacial score (nSPS) is 17.3. The van der Waals surface area contributed by atoms with E-state index in [1.165, 1.54) is 18.2 Å². The van der Waals surface area contributed by atoms with Crippen molar-refractivity contribution >= 4 is 29.0 Å². The van der Waals surface area contributed by atoms with Crippen LogP contribution in [-0.2, 0) is 21.4 Å². The van der Waals surface area contributed by atoms with E-state index >= 15 is 0 Å². The van der Waals surface area contributed by atoms with Crippen molar-refractivity contribution in [2.45, 2.75) is 30.7 Å². The SMILES string of the molecule is COC(=O)[C@@H](Cc1c[nH]c2ccccc12)NC(=O)N1CCC2(C=Cc3ccccc32)CC1. The largest absolute Gasteiger partial charge is 0.467 e. The third-order valence-electron chi connectivity index (χ3n) is 6.90. The van der Waals surface area contributed by atoms with Crippen LogP contribution in [0.1, 0.15) is 29.5 Å². The van der Waals surface area contributed by atoms with E-state index in [-0.39, 0.29) is 11.4 Å². The second-order valence-corrected chi connectivity index (χ2v) is 8.65.